The summed E-state index contributed by atoms with van der Waals surface area (Å²) in [7, 11) is 0. The minimum atomic E-state index is -0.903. The van der Waals surface area contributed by atoms with Crippen molar-refractivity contribution in [1.82, 2.24) is 4.98 Å². The van der Waals surface area contributed by atoms with Crippen LogP contribution in [0.4, 0.5) is 11.5 Å². The highest BCUT2D eigenvalue weighted by molar-refractivity contribution is 5.94. The zero-order valence-electron chi connectivity index (χ0n) is 13.1. The van der Waals surface area contributed by atoms with E-state index < -0.39 is 22.8 Å². The molecule has 1 heterocycles. The van der Waals surface area contributed by atoms with E-state index in [0.717, 1.165) is 5.56 Å². The number of nitro groups is 1. The van der Waals surface area contributed by atoms with E-state index in [1.807, 2.05) is 19.1 Å². The number of pyridine rings is 1. The standard InChI is InChI=1S/C16H17N3O4/c1-10-4-7-13(8-5-10)18-16(20)12(3)23-14-9-6-11(2)17-15(14)19(21)22/h4-9,12H,1-3H3,(H,18,20). The molecular formula is C16H17N3O4. The molecule has 0 aliphatic carbocycles. The van der Waals surface area contributed by atoms with Gasteiger partial charge in [-0.3, -0.25) is 4.79 Å². The molecule has 1 atom stereocenters. The van der Waals surface area contributed by atoms with Crippen molar-refractivity contribution in [1.29, 1.82) is 0 Å². The summed E-state index contributed by atoms with van der Waals surface area (Å²) in [4.78, 5) is 26.3. The molecule has 0 saturated heterocycles. The SMILES string of the molecule is Cc1ccc(NC(=O)C(C)Oc2ccc(C)nc2[N+](=O)[O-])cc1. The fraction of sp³-hybridized carbons (Fsp3) is 0.250. The van der Waals surface area contributed by atoms with Gasteiger partial charge in [-0.2, -0.15) is 0 Å². The molecule has 0 bridgehead atoms. The van der Waals surface area contributed by atoms with E-state index in [9.17, 15) is 14.9 Å². The van der Waals surface area contributed by atoms with Crippen molar-refractivity contribution in [2.75, 3.05) is 5.32 Å². The molecule has 120 valence electrons. The van der Waals surface area contributed by atoms with Gasteiger partial charge in [0.2, 0.25) is 5.75 Å². The van der Waals surface area contributed by atoms with Gasteiger partial charge < -0.3 is 20.2 Å². The molecular weight excluding hydrogens is 298 g/mol. The summed E-state index contributed by atoms with van der Waals surface area (Å²) in [5.41, 5.74) is 2.21. The van der Waals surface area contributed by atoms with Gasteiger partial charge in [-0.15, -0.1) is 0 Å². The average Bonchev–Trinajstić information content (AvgIpc) is 2.51. The predicted octanol–water partition coefficient (Wildman–Crippen LogP) is 3.01. The fourth-order valence-electron chi connectivity index (χ4n) is 1.88. The molecule has 1 aromatic heterocycles. The van der Waals surface area contributed by atoms with Crippen LogP contribution in [0.1, 0.15) is 18.2 Å². The van der Waals surface area contributed by atoms with E-state index >= 15 is 0 Å². The number of anilines is 1. The first-order chi connectivity index (χ1) is 10.9. The lowest BCUT2D eigenvalue weighted by Crippen LogP contribution is -2.30. The van der Waals surface area contributed by atoms with Crippen LogP contribution in [0, 0.1) is 24.0 Å². The third-order valence-corrected chi connectivity index (χ3v) is 3.14. The van der Waals surface area contributed by atoms with Crippen LogP contribution in [-0.4, -0.2) is 21.9 Å². The smallest absolute Gasteiger partial charge is 0.406 e. The number of benzene rings is 1. The Hall–Kier alpha value is -2.96. The number of hydrogen-bond donors (Lipinski definition) is 1. The van der Waals surface area contributed by atoms with Gasteiger partial charge in [-0.25, -0.2) is 0 Å². The Balaban J connectivity index is 2.09. The van der Waals surface area contributed by atoms with Crippen molar-refractivity contribution in [3.05, 3.63) is 57.8 Å². The lowest BCUT2D eigenvalue weighted by Gasteiger charge is -2.14. The Bertz CT molecular complexity index is 729. The third-order valence-electron chi connectivity index (χ3n) is 3.14. The molecule has 0 fully saturated rings. The lowest BCUT2D eigenvalue weighted by atomic mass is 10.2. The molecule has 23 heavy (non-hydrogen) atoms. The highest BCUT2D eigenvalue weighted by atomic mass is 16.6. The summed E-state index contributed by atoms with van der Waals surface area (Å²) in [6, 6.07) is 10.3. The van der Waals surface area contributed by atoms with Crippen LogP contribution >= 0.6 is 0 Å². The zero-order valence-corrected chi connectivity index (χ0v) is 13.1. The molecule has 0 saturated carbocycles. The second-order valence-corrected chi connectivity index (χ2v) is 5.15. The van der Waals surface area contributed by atoms with Crippen molar-refractivity contribution in [2.24, 2.45) is 0 Å². The third kappa shape index (κ3) is 4.26. The van der Waals surface area contributed by atoms with E-state index in [1.54, 1.807) is 25.1 Å². The maximum absolute atomic E-state index is 12.1. The van der Waals surface area contributed by atoms with Gasteiger partial charge in [-0.05, 0) is 48.0 Å². The Kier molecular flexibility index (Phi) is 4.90. The number of nitrogens with one attached hydrogen (secondary N) is 1. The molecule has 2 aromatic rings. The summed E-state index contributed by atoms with van der Waals surface area (Å²) < 4.78 is 5.40. The molecule has 1 amide bonds. The summed E-state index contributed by atoms with van der Waals surface area (Å²) in [5.74, 6) is -0.837. The Morgan fingerprint density at radius 2 is 1.87 bits per heavy atom. The number of ether oxygens (including phenoxy) is 1. The molecule has 1 aromatic carbocycles. The van der Waals surface area contributed by atoms with Gasteiger partial charge in [0.1, 0.15) is 5.69 Å². The highest BCUT2D eigenvalue weighted by Crippen LogP contribution is 2.25. The van der Waals surface area contributed by atoms with E-state index in [4.69, 9.17) is 4.74 Å². The Labute approximate surface area is 133 Å². The largest absolute Gasteiger partial charge is 0.473 e. The molecule has 7 heteroatoms. The van der Waals surface area contributed by atoms with Crippen molar-refractivity contribution < 1.29 is 14.5 Å². The minimum Gasteiger partial charge on any atom is -0.473 e. The van der Waals surface area contributed by atoms with Crippen LogP contribution in [0.25, 0.3) is 0 Å². The van der Waals surface area contributed by atoms with Crippen molar-refractivity contribution in [2.45, 2.75) is 26.9 Å². The molecule has 0 aliphatic rings. The van der Waals surface area contributed by atoms with E-state index in [1.165, 1.54) is 13.0 Å². The van der Waals surface area contributed by atoms with E-state index in [0.29, 0.717) is 11.4 Å². The number of aryl methyl sites for hydroxylation is 2. The number of carbonyl (C=O) groups is 1. The number of hydrogen-bond acceptors (Lipinski definition) is 5. The zero-order chi connectivity index (χ0) is 17.0. The fourth-order valence-corrected chi connectivity index (χ4v) is 1.88. The molecule has 1 N–H and O–H groups in total. The first-order valence-corrected chi connectivity index (χ1v) is 7.03. The monoisotopic (exact) mass is 315 g/mol. The summed E-state index contributed by atoms with van der Waals surface area (Å²) in [6.07, 6.45) is -0.903. The van der Waals surface area contributed by atoms with Gasteiger partial charge in [0.15, 0.2) is 6.10 Å². The van der Waals surface area contributed by atoms with E-state index in [-0.39, 0.29) is 5.75 Å². The van der Waals surface area contributed by atoms with Gasteiger partial charge in [-0.1, -0.05) is 17.7 Å². The van der Waals surface area contributed by atoms with Crippen LogP contribution in [0.2, 0.25) is 0 Å². The minimum absolute atomic E-state index is 0.0350. The average molecular weight is 315 g/mol. The number of rotatable bonds is 5. The lowest BCUT2D eigenvalue weighted by molar-refractivity contribution is -0.390. The molecule has 7 nitrogen and oxygen atoms in total. The summed E-state index contributed by atoms with van der Waals surface area (Å²) in [6.45, 7) is 5.11. The molecule has 2 rings (SSSR count). The first-order valence-electron chi connectivity index (χ1n) is 7.03. The molecule has 0 radical (unpaired) electrons. The number of amides is 1. The molecule has 0 spiro atoms. The number of aromatic nitrogens is 1. The topological polar surface area (TPSA) is 94.4 Å². The van der Waals surface area contributed by atoms with E-state index in [2.05, 4.69) is 10.3 Å². The molecule has 1 unspecified atom stereocenters. The van der Waals surface area contributed by atoms with Gasteiger partial charge in [0.05, 0.1) is 0 Å². The maximum atomic E-state index is 12.1. The van der Waals surface area contributed by atoms with Gasteiger partial charge in [0.25, 0.3) is 5.91 Å². The predicted molar refractivity (Wildman–Crippen MR) is 85.5 cm³/mol. The first kappa shape index (κ1) is 16.4. The van der Waals surface area contributed by atoms with Crippen LogP contribution in [0.5, 0.6) is 5.75 Å². The maximum Gasteiger partial charge on any atom is 0.406 e. The number of nitrogens with zero attached hydrogens (tertiary/aromatic N) is 2. The Morgan fingerprint density at radius 1 is 1.22 bits per heavy atom. The van der Waals surface area contributed by atoms with Gasteiger partial charge >= 0.3 is 5.82 Å². The number of carbonyl (C=O) groups excluding carboxylic acids is 1. The van der Waals surface area contributed by atoms with Crippen LogP contribution in [0.15, 0.2) is 36.4 Å². The van der Waals surface area contributed by atoms with Crippen molar-refractivity contribution in [3.63, 3.8) is 0 Å². The quantitative estimate of drug-likeness (QED) is 0.676. The Morgan fingerprint density at radius 3 is 2.48 bits per heavy atom. The van der Waals surface area contributed by atoms with Crippen LogP contribution < -0.4 is 10.1 Å². The second-order valence-electron chi connectivity index (χ2n) is 5.15. The van der Waals surface area contributed by atoms with Gasteiger partial charge in [0, 0.05) is 12.6 Å². The van der Waals surface area contributed by atoms with Crippen LogP contribution in [0.3, 0.4) is 0 Å². The summed E-state index contributed by atoms with van der Waals surface area (Å²) >= 11 is 0. The molecule has 0 aliphatic heterocycles. The second kappa shape index (κ2) is 6.87. The van der Waals surface area contributed by atoms with Crippen LogP contribution in [-0.2, 0) is 4.79 Å². The summed E-state index contributed by atoms with van der Waals surface area (Å²) in [5, 5.41) is 13.7. The normalized spacial score (nSPS) is 11.6. The van der Waals surface area contributed by atoms with Crippen molar-refractivity contribution >= 4 is 17.4 Å². The highest BCUT2D eigenvalue weighted by Gasteiger charge is 2.22. The van der Waals surface area contributed by atoms with Crippen molar-refractivity contribution in [3.8, 4) is 5.75 Å².